The van der Waals surface area contributed by atoms with Gasteiger partial charge in [-0.1, -0.05) is 30.3 Å². The van der Waals surface area contributed by atoms with Crippen LogP contribution >= 0.6 is 0 Å². The smallest absolute Gasteiger partial charge is 0.303 e. The van der Waals surface area contributed by atoms with Crippen molar-refractivity contribution in [2.45, 2.75) is 38.6 Å². The summed E-state index contributed by atoms with van der Waals surface area (Å²) in [5.74, 6) is -0.542. The summed E-state index contributed by atoms with van der Waals surface area (Å²) >= 11 is 0. The van der Waals surface area contributed by atoms with Gasteiger partial charge in [0, 0.05) is 13.3 Å². The fourth-order valence-corrected chi connectivity index (χ4v) is 2.14. The molecule has 0 aliphatic carbocycles. The van der Waals surface area contributed by atoms with Gasteiger partial charge in [0.1, 0.15) is 0 Å². The Bertz CT molecular complexity index is 440. The third kappa shape index (κ3) is 2.76. The van der Waals surface area contributed by atoms with E-state index in [4.69, 9.17) is 9.47 Å². The molecule has 1 aliphatic rings. The number of hydrogen-bond acceptors (Lipinski definition) is 4. The molecule has 1 fully saturated rings. The zero-order valence-electron chi connectivity index (χ0n) is 10.5. The predicted molar refractivity (Wildman–Crippen MR) is 64.9 cm³/mol. The van der Waals surface area contributed by atoms with Gasteiger partial charge in [-0.05, 0) is 12.5 Å². The van der Waals surface area contributed by atoms with E-state index in [-0.39, 0.29) is 18.3 Å². The SMILES string of the molecule is CC(=O)O[C@@H]1C(=O)C[C@H](c2ccccc2)O[C@H]1C. The van der Waals surface area contributed by atoms with Crippen molar-refractivity contribution in [1.82, 2.24) is 0 Å². The fourth-order valence-electron chi connectivity index (χ4n) is 2.14. The topological polar surface area (TPSA) is 52.6 Å². The number of hydrogen-bond donors (Lipinski definition) is 0. The van der Waals surface area contributed by atoms with Gasteiger partial charge in [0.15, 0.2) is 11.9 Å². The molecule has 1 aromatic carbocycles. The Morgan fingerprint density at radius 1 is 1.33 bits per heavy atom. The molecule has 0 N–H and O–H groups in total. The first-order valence-electron chi connectivity index (χ1n) is 5.98. The minimum absolute atomic E-state index is 0.0854. The van der Waals surface area contributed by atoms with Gasteiger partial charge >= 0.3 is 5.97 Å². The summed E-state index contributed by atoms with van der Waals surface area (Å²) in [5, 5.41) is 0. The Kier molecular flexibility index (Phi) is 3.77. The quantitative estimate of drug-likeness (QED) is 0.751. The summed E-state index contributed by atoms with van der Waals surface area (Å²) in [4.78, 5) is 22.9. The lowest BCUT2D eigenvalue weighted by atomic mass is 9.96. The Hall–Kier alpha value is -1.68. The van der Waals surface area contributed by atoms with Gasteiger partial charge in [-0.3, -0.25) is 9.59 Å². The maximum atomic E-state index is 12.0. The minimum Gasteiger partial charge on any atom is -0.452 e. The van der Waals surface area contributed by atoms with Crippen molar-refractivity contribution in [2.24, 2.45) is 0 Å². The zero-order chi connectivity index (χ0) is 13.1. The van der Waals surface area contributed by atoms with Crippen LogP contribution in [0.15, 0.2) is 30.3 Å². The largest absolute Gasteiger partial charge is 0.452 e. The van der Waals surface area contributed by atoms with Gasteiger partial charge in [-0.2, -0.15) is 0 Å². The lowest BCUT2D eigenvalue weighted by Crippen LogP contribution is -2.43. The van der Waals surface area contributed by atoms with Gasteiger partial charge in [-0.15, -0.1) is 0 Å². The summed E-state index contributed by atoms with van der Waals surface area (Å²) < 4.78 is 10.7. The summed E-state index contributed by atoms with van der Waals surface area (Å²) in [6.45, 7) is 3.05. The molecule has 0 saturated carbocycles. The van der Waals surface area contributed by atoms with Crippen LogP contribution < -0.4 is 0 Å². The molecule has 0 bridgehead atoms. The Balaban J connectivity index is 2.10. The summed E-state index contributed by atoms with van der Waals surface area (Å²) in [7, 11) is 0. The molecule has 96 valence electrons. The molecular formula is C14H16O4. The van der Waals surface area contributed by atoms with Gasteiger partial charge in [0.05, 0.1) is 12.2 Å². The minimum atomic E-state index is -0.775. The van der Waals surface area contributed by atoms with E-state index < -0.39 is 18.2 Å². The van der Waals surface area contributed by atoms with Crippen molar-refractivity contribution in [1.29, 1.82) is 0 Å². The van der Waals surface area contributed by atoms with Crippen molar-refractivity contribution in [2.75, 3.05) is 0 Å². The molecule has 4 nitrogen and oxygen atoms in total. The molecular weight excluding hydrogens is 232 g/mol. The molecule has 0 aromatic heterocycles. The average molecular weight is 248 g/mol. The van der Waals surface area contributed by atoms with E-state index in [9.17, 15) is 9.59 Å². The molecule has 0 spiro atoms. The van der Waals surface area contributed by atoms with E-state index in [0.29, 0.717) is 0 Å². The van der Waals surface area contributed by atoms with Gasteiger partial charge in [0.25, 0.3) is 0 Å². The standard InChI is InChI=1S/C14H16O4/c1-9-14(18-10(2)15)12(16)8-13(17-9)11-6-4-3-5-7-11/h3-7,9,13-14H,8H2,1-2H3/t9-,13+,14-/m0/s1. The molecule has 1 aliphatic heterocycles. The molecule has 1 aromatic rings. The molecule has 1 heterocycles. The van der Waals surface area contributed by atoms with Crippen LogP contribution in [-0.2, 0) is 19.1 Å². The first kappa shape index (κ1) is 12.8. The van der Waals surface area contributed by atoms with Crippen molar-refractivity contribution in [3.8, 4) is 0 Å². The van der Waals surface area contributed by atoms with E-state index in [1.165, 1.54) is 6.92 Å². The number of rotatable bonds is 2. The van der Waals surface area contributed by atoms with E-state index in [2.05, 4.69) is 0 Å². The maximum absolute atomic E-state index is 12.0. The second kappa shape index (κ2) is 5.31. The molecule has 1 saturated heterocycles. The van der Waals surface area contributed by atoms with Crippen LogP contribution in [0.5, 0.6) is 0 Å². The molecule has 0 radical (unpaired) electrons. The van der Waals surface area contributed by atoms with Crippen molar-refractivity contribution in [3.05, 3.63) is 35.9 Å². The highest BCUT2D eigenvalue weighted by atomic mass is 16.6. The third-order valence-corrected chi connectivity index (χ3v) is 2.97. The second-order valence-electron chi connectivity index (χ2n) is 4.44. The summed E-state index contributed by atoms with van der Waals surface area (Å²) in [5.41, 5.74) is 0.971. The van der Waals surface area contributed by atoms with Gasteiger partial charge in [-0.25, -0.2) is 0 Å². The van der Waals surface area contributed by atoms with Crippen LogP contribution in [0.3, 0.4) is 0 Å². The molecule has 4 heteroatoms. The Morgan fingerprint density at radius 3 is 2.56 bits per heavy atom. The second-order valence-corrected chi connectivity index (χ2v) is 4.44. The number of benzene rings is 1. The Labute approximate surface area is 106 Å². The third-order valence-electron chi connectivity index (χ3n) is 2.97. The molecule has 3 atom stereocenters. The van der Waals surface area contributed by atoms with Crippen molar-refractivity contribution >= 4 is 11.8 Å². The van der Waals surface area contributed by atoms with Gasteiger partial charge in [0.2, 0.25) is 0 Å². The lowest BCUT2D eigenvalue weighted by molar-refractivity contribution is -0.176. The zero-order valence-corrected chi connectivity index (χ0v) is 10.5. The van der Waals surface area contributed by atoms with Crippen LogP contribution in [-0.4, -0.2) is 24.0 Å². The molecule has 0 amide bonds. The highest BCUT2D eigenvalue weighted by Crippen LogP contribution is 2.30. The van der Waals surface area contributed by atoms with E-state index in [0.717, 1.165) is 5.56 Å². The summed E-state index contributed by atoms with van der Waals surface area (Å²) in [6.07, 6.45) is -1.20. The first-order valence-corrected chi connectivity index (χ1v) is 5.98. The average Bonchev–Trinajstić information content (AvgIpc) is 2.34. The number of ether oxygens (including phenoxy) is 2. The normalized spacial score (nSPS) is 27.9. The highest BCUT2D eigenvalue weighted by molar-refractivity contribution is 5.87. The number of ketones is 1. The molecule has 18 heavy (non-hydrogen) atoms. The lowest BCUT2D eigenvalue weighted by Gasteiger charge is -2.33. The first-order chi connectivity index (χ1) is 8.58. The summed E-state index contributed by atoms with van der Waals surface area (Å²) in [6, 6.07) is 9.59. The van der Waals surface area contributed by atoms with E-state index in [1.807, 2.05) is 30.3 Å². The number of carbonyl (C=O) groups excluding carboxylic acids is 2. The van der Waals surface area contributed by atoms with Crippen molar-refractivity contribution < 1.29 is 19.1 Å². The number of carbonyl (C=O) groups is 2. The van der Waals surface area contributed by atoms with Crippen LogP contribution in [0.2, 0.25) is 0 Å². The fraction of sp³-hybridized carbons (Fsp3) is 0.429. The van der Waals surface area contributed by atoms with Gasteiger partial charge < -0.3 is 9.47 Å². The van der Waals surface area contributed by atoms with E-state index >= 15 is 0 Å². The predicted octanol–water partition coefficient (Wildman–Crippen LogP) is 2.04. The molecule has 2 rings (SSSR count). The monoisotopic (exact) mass is 248 g/mol. The number of Topliss-reactive ketones (excluding diaryl/α,β-unsaturated/α-hetero) is 1. The number of esters is 1. The maximum Gasteiger partial charge on any atom is 0.303 e. The van der Waals surface area contributed by atoms with Crippen LogP contribution in [0.1, 0.15) is 31.9 Å². The van der Waals surface area contributed by atoms with Crippen LogP contribution in [0.25, 0.3) is 0 Å². The molecule has 0 unspecified atom stereocenters. The van der Waals surface area contributed by atoms with Crippen LogP contribution in [0.4, 0.5) is 0 Å². The highest BCUT2D eigenvalue weighted by Gasteiger charge is 2.37. The van der Waals surface area contributed by atoms with Crippen LogP contribution in [0, 0.1) is 0 Å². The Morgan fingerprint density at radius 2 is 2.00 bits per heavy atom. The van der Waals surface area contributed by atoms with E-state index in [1.54, 1.807) is 6.92 Å². The van der Waals surface area contributed by atoms with Crippen molar-refractivity contribution in [3.63, 3.8) is 0 Å².